The molecule has 1 aliphatic rings. The molecular weight excluding hydrogens is 439 g/mol. The topological polar surface area (TPSA) is 61.4 Å². The van der Waals surface area contributed by atoms with Crippen LogP contribution < -0.4 is 15.1 Å². The van der Waals surface area contributed by atoms with Gasteiger partial charge in [0.15, 0.2) is 11.6 Å². The summed E-state index contributed by atoms with van der Waals surface area (Å²) in [4.78, 5) is 25.0. The van der Waals surface area contributed by atoms with Crippen LogP contribution in [-0.2, 0) is 4.79 Å². The van der Waals surface area contributed by atoms with E-state index in [0.29, 0.717) is 5.03 Å². The zero-order valence-corrected chi connectivity index (χ0v) is 17.8. The number of nitrogens with one attached hydrogen (secondary N) is 1. The van der Waals surface area contributed by atoms with Crippen molar-refractivity contribution in [2.75, 3.05) is 47.0 Å². The van der Waals surface area contributed by atoms with Gasteiger partial charge < -0.3 is 15.1 Å². The van der Waals surface area contributed by atoms with Crippen LogP contribution in [0.3, 0.4) is 0 Å². The molecule has 1 saturated heterocycles. The lowest BCUT2D eigenvalue weighted by molar-refractivity contribution is -0.113. The molecule has 0 unspecified atom stereocenters. The Morgan fingerprint density at radius 2 is 1.62 bits per heavy atom. The van der Waals surface area contributed by atoms with Crippen LogP contribution in [0.1, 0.15) is 0 Å². The van der Waals surface area contributed by atoms with Crippen molar-refractivity contribution in [3.8, 4) is 0 Å². The van der Waals surface area contributed by atoms with Gasteiger partial charge in [0.25, 0.3) is 0 Å². The van der Waals surface area contributed by atoms with Crippen LogP contribution in [0.2, 0.25) is 0 Å². The van der Waals surface area contributed by atoms with Crippen LogP contribution in [-0.4, -0.2) is 47.8 Å². The Hall–Kier alpha value is -3.27. The van der Waals surface area contributed by atoms with Crippen LogP contribution in [0.4, 0.5) is 30.4 Å². The van der Waals surface area contributed by atoms with E-state index in [4.69, 9.17) is 0 Å². The number of hydrogen-bond acceptors (Lipinski definition) is 6. The third-order valence-electron chi connectivity index (χ3n) is 4.98. The van der Waals surface area contributed by atoms with Crippen LogP contribution >= 0.6 is 11.8 Å². The molecular formula is C22H20F3N5OS. The number of hydrogen-bond donors (Lipinski definition) is 1. The zero-order chi connectivity index (χ0) is 22.5. The molecule has 10 heteroatoms. The molecule has 166 valence electrons. The largest absolute Gasteiger partial charge is 0.368 e. The molecule has 0 spiro atoms. The fourth-order valence-corrected chi connectivity index (χ4v) is 4.00. The van der Waals surface area contributed by atoms with Gasteiger partial charge in [-0.2, -0.15) is 0 Å². The third kappa shape index (κ3) is 5.50. The van der Waals surface area contributed by atoms with Gasteiger partial charge in [-0.1, -0.05) is 11.8 Å². The standard InChI is InChI=1S/C22H20F3N5OS/c23-15-1-4-17(5-2-15)29-7-9-30(10-8-29)20-12-22(27-14-26-20)32-13-21(31)28-16-3-6-18(24)19(25)11-16/h1-6,11-12,14H,7-10,13H2,(H,28,31). The summed E-state index contributed by atoms with van der Waals surface area (Å²) in [6.07, 6.45) is 1.46. The van der Waals surface area contributed by atoms with Crippen molar-refractivity contribution < 1.29 is 18.0 Å². The van der Waals surface area contributed by atoms with Crippen molar-refractivity contribution in [3.05, 3.63) is 72.3 Å². The molecule has 1 aliphatic heterocycles. The Bertz CT molecular complexity index is 1090. The van der Waals surface area contributed by atoms with E-state index in [-0.39, 0.29) is 23.2 Å². The minimum atomic E-state index is -1.02. The van der Waals surface area contributed by atoms with Gasteiger partial charge in [-0.25, -0.2) is 23.1 Å². The molecule has 1 amide bonds. The van der Waals surface area contributed by atoms with Crippen LogP contribution in [0, 0.1) is 17.5 Å². The molecule has 1 fully saturated rings. The molecule has 2 heterocycles. The van der Waals surface area contributed by atoms with Gasteiger partial charge in [-0.05, 0) is 36.4 Å². The lowest BCUT2D eigenvalue weighted by Crippen LogP contribution is -2.46. The quantitative estimate of drug-likeness (QED) is 0.445. The second kappa shape index (κ2) is 9.90. The number of halogens is 3. The zero-order valence-electron chi connectivity index (χ0n) is 17.0. The number of rotatable bonds is 6. The number of aromatic nitrogens is 2. The number of piperazine rings is 1. The van der Waals surface area contributed by atoms with E-state index in [1.54, 1.807) is 12.1 Å². The van der Waals surface area contributed by atoms with Crippen molar-refractivity contribution in [1.82, 2.24) is 9.97 Å². The number of nitrogens with zero attached hydrogens (tertiary/aromatic N) is 4. The number of carbonyl (C=O) groups excluding carboxylic acids is 1. The van der Waals surface area contributed by atoms with Crippen molar-refractivity contribution in [2.24, 2.45) is 0 Å². The lowest BCUT2D eigenvalue weighted by atomic mass is 10.2. The fraction of sp³-hybridized carbons (Fsp3) is 0.227. The molecule has 0 atom stereocenters. The average Bonchev–Trinajstić information content (AvgIpc) is 2.81. The molecule has 0 saturated carbocycles. The van der Waals surface area contributed by atoms with Gasteiger partial charge in [0.05, 0.1) is 5.75 Å². The summed E-state index contributed by atoms with van der Waals surface area (Å²) < 4.78 is 39.4. The number of anilines is 3. The number of thioether (sulfide) groups is 1. The molecule has 32 heavy (non-hydrogen) atoms. The summed E-state index contributed by atoms with van der Waals surface area (Å²) >= 11 is 1.23. The molecule has 2 aromatic carbocycles. The van der Waals surface area contributed by atoms with E-state index >= 15 is 0 Å². The summed E-state index contributed by atoms with van der Waals surface area (Å²) in [5, 5.41) is 3.17. The monoisotopic (exact) mass is 459 g/mol. The van der Waals surface area contributed by atoms with Crippen molar-refractivity contribution >= 4 is 34.9 Å². The summed E-state index contributed by atoms with van der Waals surface area (Å²) in [7, 11) is 0. The van der Waals surface area contributed by atoms with Crippen molar-refractivity contribution in [1.29, 1.82) is 0 Å². The highest BCUT2D eigenvalue weighted by Crippen LogP contribution is 2.23. The Balaban J connectivity index is 1.30. The predicted molar refractivity (Wildman–Crippen MR) is 119 cm³/mol. The van der Waals surface area contributed by atoms with Crippen molar-refractivity contribution in [3.63, 3.8) is 0 Å². The van der Waals surface area contributed by atoms with E-state index in [2.05, 4.69) is 25.1 Å². The molecule has 4 rings (SSSR count). The maximum absolute atomic E-state index is 13.3. The fourth-order valence-electron chi connectivity index (χ4n) is 3.34. The first-order valence-electron chi connectivity index (χ1n) is 9.93. The van der Waals surface area contributed by atoms with Crippen LogP contribution in [0.25, 0.3) is 0 Å². The van der Waals surface area contributed by atoms with Gasteiger partial charge in [0.2, 0.25) is 5.91 Å². The Kier molecular flexibility index (Phi) is 6.79. The second-order valence-electron chi connectivity index (χ2n) is 7.13. The Labute approximate surface area is 187 Å². The summed E-state index contributed by atoms with van der Waals surface area (Å²) in [5.74, 6) is -1.76. The first kappa shape index (κ1) is 21.9. The average molecular weight is 459 g/mol. The van der Waals surface area contributed by atoms with E-state index in [1.807, 2.05) is 6.07 Å². The lowest BCUT2D eigenvalue weighted by Gasteiger charge is -2.36. The van der Waals surface area contributed by atoms with E-state index in [9.17, 15) is 18.0 Å². The molecule has 1 N–H and O–H groups in total. The van der Waals surface area contributed by atoms with E-state index in [0.717, 1.165) is 49.8 Å². The van der Waals surface area contributed by atoms with Crippen molar-refractivity contribution in [2.45, 2.75) is 5.03 Å². The number of benzene rings is 2. The first-order chi connectivity index (χ1) is 15.5. The molecule has 0 aliphatic carbocycles. The normalized spacial score (nSPS) is 13.8. The SMILES string of the molecule is O=C(CSc1cc(N2CCN(c3ccc(F)cc3)CC2)ncn1)Nc1ccc(F)c(F)c1. The maximum Gasteiger partial charge on any atom is 0.234 e. The summed E-state index contributed by atoms with van der Waals surface area (Å²) in [6, 6.07) is 11.5. The highest BCUT2D eigenvalue weighted by Gasteiger charge is 2.19. The highest BCUT2D eigenvalue weighted by molar-refractivity contribution is 7.99. The second-order valence-corrected chi connectivity index (χ2v) is 8.13. The van der Waals surface area contributed by atoms with Crippen LogP contribution in [0.15, 0.2) is 59.9 Å². The minimum Gasteiger partial charge on any atom is -0.368 e. The maximum atomic E-state index is 13.3. The van der Waals surface area contributed by atoms with Crippen LogP contribution in [0.5, 0.6) is 0 Å². The van der Waals surface area contributed by atoms with Gasteiger partial charge in [-0.3, -0.25) is 4.79 Å². The summed E-state index contributed by atoms with van der Waals surface area (Å²) in [5.41, 5.74) is 1.17. The highest BCUT2D eigenvalue weighted by atomic mass is 32.2. The number of amides is 1. The molecule has 1 aromatic heterocycles. The number of carbonyl (C=O) groups is 1. The van der Waals surface area contributed by atoms with Gasteiger partial charge in [0.1, 0.15) is 23.0 Å². The Morgan fingerprint density at radius 3 is 2.34 bits per heavy atom. The molecule has 3 aromatic rings. The third-order valence-corrected chi connectivity index (χ3v) is 5.90. The van der Waals surface area contributed by atoms with Gasteiger partial charge >= 0.3 is 0 Å². The Morgan fingerprint density at radius 1 is 0.906 bits per heavy atom. The molecule has 0 bridgehead atoms. The van der Waals surface area contributed by atoms with E-state index in [1.165, 1.54) is 36.3 Å². The molecule has 0 radical (unpaired) electrons. The van der Waals surface area contributed by atoms with E-state index < -0.39 is 11.6 Å². The summed E-state index contributed by atoms with van der Waals surface area (Å²) in [6.45, 7) is 3.04. The minimum absolute atomic E-state index is 0.0633. The predicted octanol–water partition coefficient (Wildman–Crippen LogP) is 3.95. The first-order valence-corrected chi connectivity index (χ1v) is 10.9. The van der Waals surface area contributed by atoms with Gasteiger partial charge in [-0.15, -0.1) is 0 Å². The smallest absolute Gasteiger partial charge is 0.234 e. The van der Waals surface area contributed by atoms with Gasteiger partial charge in [0, 0.05) is 49.7 Å². The molecule has 6 nitrogen and oxygen atoms in total.